The molecule has 5 aromatic rings. The average Bonchev–Trinajstić information content (AvgIpc) is 3.49. The Morgan fingerprint density at radius 3 is 1.93 bits per heavy atom. The lowest BCUT2D eigenvalue weighted by Gasteiger charge is -2.20. The summed E-state index contributed by atoms with van der Waals surface area (Å²) in [7, 11) is 0. The minimum Gasteiger partial charge on any atom is -0.458 e. The van der Waals surface area contributed by atoms with E-state index in [1.54, 1.807) is 0 Å². The number of hydrogen-bond acceptors (Lipinski definition) is 7. The number of nitrogens with one attached hydrogen (secondary N) is 1. The molecule has 10 nitrogen and oxygen atoms in total. The first-order valence-corrected chi connectivity index (χ1v) is 12.4. The van der Waals surface area contributed by atoms with Crippen LogP contribution in [0.15, 0.2) is 90.4 Å². The van der Waals surface area contributed by atoms with Crippen LogP contribution >= 0.6 is 0 Å². The Labute approximate surface area is 235 Å². The lowest BCUT2D eigenvalue weighted by molar-refractivity contribution is -0.00499. The van der Waals surface area contributed by atoms with Crippen molar-refractivity contribution in [3.05, 3.63) is 125 Å². The van der Waals surface area contributed by atoms with Gasteiger partial charge in [0.15, 0.2) is 17.2 Å². The van der Waals surface area contributed by atoms with E-state index < -0.39 is 48.0 Å². The van der Waals surface area contributed by atoms with Crippen LogP contribution in [0.4, 0.5) is 13.2 Å². The minimum absolute atomic E-state index is 0.00988. The van der Waals surface area contributed by atoms with Crippen molar-refractivity contribution in [2.75, 3.05) is 6.61 Å². The van der Waals surface area contributed by atoms with Crippen molar-refractivity contribution in [2.24, 2.45) is 4.99 Å². The van der Waals surface area contributed by atoms with E-state index in [0.717, 1.165) is 36.4 Å². The second-order valence-electron chi connectivity index (χ2n) is 8.89. The largest absolute Gasteiger partial charge is 0.458 e. The zero-order chi connectivity index (χ0) is 29.6. The molecule has 13 heteroatoms. The molecule has 212 valence electrons. The second-order valence-corrected chi connectivity index (χ2v) is 8.89. The van der Waals surface area contributed by atoms with Crippen LogP contribution in [0.25, 0.3) is 11.2 Å². The van der Waals surface area contributed by atoms with Crippen molar-refractivity contribution < 1.29 is 37.0 Å². The van der Waals surface area contributed by atoms with Crippen LogP contribution in [0.5, 0.6) is 0 Å². The number of amides is 1. The van der Waals surface area contributed by atoms with Crippen molar-refractivity contribution >= 4 is 29.0 Å². The summed E-state index contributed by atoms with van der Waals surface area (Å²) in [5.74, 6) is -3.81. The summed E-state index contributed by atoms with van der Waals surface area (Å²) in [6.45, 7) is -0.512. The number of benzene rings is 3. The normalized spacial score (nSPS) is 12.2. The number of rotatable bonds is 8. The molecule has 0 aliphatic carbocycles. The zero-order valence-electron chi connectivity index (χ0n) is 21.5. The van der Waals surface area contributed by atoms with Gasteiger partial charge < -0.3 is 19.0 Å². The maximum Gasteiger partial charge on any atom is 0.338 e. The van der Waals surface area contributed by atoms with E-state index in [1.807, 2.05) is 0 Å². The SMILES string of the molecule is O=C(N=c1ncn(C[C@@H](COC(=O)c2ccc(F)cc2)OC(=O)c2ccc(F)cc2)c2nc[nH]c12)c1ccc(F)cc1. The molecule has 0 unspecified atom stereocenters. The van der Waals surface area contributed by atoms with Crippen molar-refractivity contribution in [1.82, 2.24) is 19.5 Å². The molecule has 1 N–H and O–H groups in total. The van der Waals surface area contributed by atoms with Gasteiger partial charge in [0.25, 0.3) is 5.91 Å². The summed E-state index contributed by atoms with van der Waals surface area (Å²) in [6.07, 6.45) is 1.57. The number of imidazole rings is 1. The molecule has 5 rings (SSSR count). The molecule has 42 heavy (non-hydrogen) atoms. The van der Waals surface area contributed by atoms with Gasteiger partial charge in [0, 0.05) is 5.56 Å². The van der Waals surface area contributed by atoms with E-state index in [-0.39, 0.29) is 39.9 Å². The number of aromatic amines is 1. The Kier molecular flexibility index (Phi) is 8.18. The fourth-order valence-corrected chi connectivity index (χ4v) is 3.87. The number of fused-ring (bicyclic) bond motifs is 1. The van der Waals surface area contributed by atoms with Gasteiger partial charge >= 0.3 is 11.9 Å². The van der Waals surface area contributed by atoms with Crippen LogP contribution in [0, 0.1) is 17.5 Å². The standard InChI is InChI=1S/C29H20F3N5O5/c30-20-7-1-17(2-8-20)27(38)36-25-24-26(34-15-33-24)37(16-35-25)13-23(42-29(40)19-5-11-22(32)12-6-19)14-41-28(39)18-3-9-21(31)10-4-18/h1-12,15-16,23H,13-14H2,(H,33,34)/t23-/m0/s1. The summed E-state index contributed by atoms with van der Waals surface area (Å²) >= 11 is 0. The summed E-state index contributed by atoms with van der Waals surface area (Å²) < 4.78 is 52.2. The monoisotopic (exact) mass is 575 g/mol. The van der Waals surface area contributed by atoms with E-state index in [4.69, 9.17) is 9.47 Å². The highest BCUT2D eigenvalue weighted by molar-refractivity contribution is 5.95. The van der Waals surface area contributed by atoms with E-state index in [1.165, 1.54) is 53.6 Å². The lowest BCUT2D eigenvalue weighted by Crippen LogP contribution is -2.31. The molecule has 1 atom stereocenters. The number of carbonyl (C=O) groups is 3. The van der Waals surface area contributed by atoms with Gasteiger partial charge in [0.05, 0.1) is 30.3 Å². The molecule has 0 aliphatic rings. The topological polar surface area (TPSA) is 129 Å². The molecule has 0 saturated heterocycles. The molecular weight excluding hydrogens is 555 g/mol. The van der Waals surface area contributed by atoms with Gasteiger partial charge in [-0.25, -0.2) is 32.7 Å². The Morgan fingerprint density at radius 1 is 0.786 bits per heavy atom. The molecule has 2 heterocycles. The first kappa shape index (κ1) is 28.0. The Hall–Kier alpha value is -5.59. The fraction of sp³-hybridized carbons (Fsp3) is 0.103. The predicted octanol–water partition coefficient (Wildman–Crippen LogP) is 4.00. The fourth-order valence-electron chi connectivity index (χ4n) is 3.87. The van der Waals surface area contributed by atoms with Crippen LogP contribution in [0.3, 0.4) is 0 Å². The molecule has 0 spiro atoms. The van der Waals surface area contributed by atoms with Crippen molar-refractivity contribution in [2.45, 2.75) is 12.6 Å². The van der Waals surface area contributed by atoms with Crippen LogP contribution in [0.1, 0.15) is 31.1 Å². The number of halogens is 3. The van der Waals surface area contributed by atoms with Gasteiger partial charge in [-0.15, -0.1) is 0 Å². The second kappa shape index (κ2) is 12.3. The van der Waals surface area contributed by atoms with Crippen LogP contribution in [-0.4, -0.2) is 50.1 Å². The predicted molar refractivity (Wildman–Crippen MR) is 140 cm³/mol. The van der Waals surface area contributed by atoms with Crippen molar-refractivity contribution in [3.8, 4) is 0 Å². The third-order valence-electron chi connectivity index (χ3n) is 5.97. The number of nitrogens with zero attached hydrogens (tertiary/aromatic N) is 4. The average molecular weight is 576 g/mol. The quantitative estimate of drug-likeness (QED) is 0.277. The van der Waals surface area contributed by atoms with E-state index in [9.17, 15) is 27.6 Å². The van der Waals surface area contributed by atoms with Gasteiger partial charge in [0.2, 0.25) is 0 Å². The zero-order valence-corrected chi connectivity index (χ0v) is 21.5. The summed E-state index contributed by atoms with van der Waals surface area (Å²) in [4.78, 5) is 53.3. The number of H-pyrrole nitrogens is 1. The van der Waals surface area contributed by atoms with Gasteiger partial charge in [-0.2, -0.15) is 4.99 Å². The lowest BCUT2D eigenvalue weighted by atomic mass is 10.2. The van der Waals surface area contributed by atoms with Gasteiger partial charge in [0.1, 0.15) is 29.6 Å². The molecule has 0 bridgehead atoms. The third-order valence-corrected chi connectivity index (χ3v) is 5.97. The Balaban J connectivity index is 1.40. The third kappa shape index (κ3) is 6.58. The van der Waals surface area contributed by atoms with Gasteiger partial charge in [-0.1, -0.05) is 0 Å². The molecule has 1 amide bonds. The number of carbonyl (C=O) groups excluding carboxylic acids is 3. The number of aromatic nitrogens is 4. The van der Waals surface area contributed by atoms with E-state index in [2.05, 4.69) is 19.9 Å². The highest BCUT2D eigenvalue weighted by atomic mass is 19.1. The van der Waals surface area contributed by atoms with Gasteiger partial charge in [-0.05, 0) is 72.8 Å². The highest BCUT2D eigenvalue weighted by Crippen LogP contribution is 2.13. The molecule has 2 aromatic heterocycles. The Morgan fingerprint density at radius 2 is 1.33 bits per heavy atom. The summed E-state index contributed by atoms with van der Waals surface area (Å²) in [5, 5.41) is 0. The molecule has 0 aliphatic heterocycles. The van der Waals surface area contributed by atoms with Crippen molar-refractivity contribution in [1.29, 1.82) is 0 Å². The van der Waals surface area contributed by atoms with E-state index >= 15 is 0 Å². The van der Waals surface area contributed by atoms with E-state index in [0.29, 0.717) is 0 Å². The number of esters is 2. The molecular formula is C29H20F3N5O5. The number of ether oxygens (including phenoxy) is 2. The molecule has 0 radical (unpaired) electrons. The van der Waals surface area contributed by atoms with Crippen LogP contribution in [-0.2, 0) is 16.0 Å². The smallest absolute Gasteiger partial charge is 0.338 e. The highest BCUT2D eigenvalue weighted by Gasteiger charge is 2.21. The maximum atomic E-state index is 13.3. The Bertz CT molecular complexity index is 1820. The molecule has 0 fully saturated rings. The van der Waals surface area contributed by atoms with Crippen molar-refractivity contribution in [3.63, 3.8) is 0 Å². The minimum atomic E-state index is -1.08. The van der Waals surface area contributed by atoms with Gasteiger partial charge in [-0.3, -0.25) is 4.79 Å². The molecule has 0 saturated carbocycles. The summed E-state index contributed by atoms with van der Waals surface area (Å²) in [5.41, 5.74) is 0.866. The first-order chi connectivity index (χ1) is 20.3. The van der Waals surface area contributed by atoms with Crippen LogP contribution < -0.4 is 5.49 Å². The first-order valence-electron chi connectivity index (χ1n) is 12.4. The maximum absolute atomic E-state index is 13.3. The molecule has 3 aromatic carbocycles. The van der Waals surface area contributed by atoms with Crippen LogP contribution in [0.2, 0.25) is 0 Å². The summed E-state index contributed by atoms with van der Waals surface area (Å²) in [6, 6.07) is 14.2. The number of hydrogen-bond donors (Lipinski definition) is 1.